The first-order valence-electron chi connectivity index (χ1n) is 8.58. The van der Waals surface area contributed by atoms with Gasteiger partial charge in [0.1, 0.15) is 17.2 Å². The number of carbonyl (C=O) groups is 1. The summed E-state index contributed by atoms with van der Waals surface area (Å²) in [4.78, 5) is 32.2. The molecule has 0 radical (unpaired) electrons. The second-order valence-electron chi connectivity index (χ2n) is 6.35. The molecule has 3 rings (SSSR count). The largest absolute Gasteiger partial charge is 0.416 e. The molecule has 2 heterocycles. The molecule has 0 aliphatic carbocycles. The number of halogens is 3. The Morgan fingerprint density at radius 2 is 1.93 bits per heavy atom. The van der Waals surface area contributed by atoms with Gasteiger partial charge in [0.2, 0.25) is 5.71 Å². The molecule has 7 nitrogen and oxygen atoms in total. The number of fused-ring (bicyclic) bond motifs is 1. The van der Waals surface area contributed by atoms with Crippen molar-refractivity contribution in [3.8, 4) is 0 Å². The third-order valence-corrected chi connectivity index (χ3v) is 4.26. The van der Waals surface area contributed by atoms with E-state index < -0.39 is 29.3 Å². The summed E-state index contributed by atoms with van der Waals surface area (Å²) >= 11 is 0. The maximum Gasteiger partial charge on any atom is 0.416 e. The monoisotopic (exact) mass is 406 g/mol. The van der Waals surface area contributed by atoms with Crippen LogP contribution in [0.2, 0.25) is 0 Å². The fraction of sp³-hybridized carbons (Fsp3) is 0.263. The Kier molecular flexibility index (Phi) is 5.27. The van der Waals surface area contributed by atoms with Crippen LogP contribution in [0, 0.1) is 6.92 Å². The Balaban J connectivity index is 2.05. The fourth-order valence-electron chi connectivity index (χ4n) is 2.79. The highest BCUT2D eigenvalue weighted by atomic mass is 19.4. The standard InChI is InChI=1S/C19H17F3N4O3/c1-9(11-5-4-6-12(7-11)19(20,21)22)24-15-13-8-14(16(27)23-3)18(28)29-17(13)26-10(2)25-15/h4-9H,1-3H3,(H,23,27)(H,24,25,26)/t9-/m1/s1. The van der Waals surface area contributed by atoms with Crippen molar-refractivity contribution >= 4 is 22.8 Å². The van der Waals surface area contributed by atoms with E-state index in [1.807, 2.05) is 0 Å². The van der Waals surface area contributed by atoms with Gasteiger partial charge in [-0.3, -0.25) is 4.79 Å². The minimum Gasteiger partial charge on any atom is -0.403 e. The summed E-state index contributed by atoms with van der Waals surface area (Å²) in [5, 5.41) is 5.61. The normalized spacial score (nSPS) is 12.6. The van der Waals surface area contributed by atoms with Gasteiger partial charge in [-0.05, 0) is 37.6 Å². The van der Waals surface area contributed by atoms with Gasteiger partial charge >= 0.3 is 11.8 Å². The van der Waals surface area contributed by atoms with Crippen molar-refractivity contribution in [2.24, 2.45) is 0 Å². The predicted octanol–water partition coefficient (Wildman–Crippen LogP) is 3.44. The van der Waals surface area contributed by atoms with Gasteiger partial charge in [-0.15, -0.1) is 0 Å². The minimum atomic E-state index is -4.46. The van der Waals surface area contributed by atoms with E-state index >= 15 is 0 Å². The lowest BCUT2D eigenvalue weighted by Crippen LogP contribution is -2.25. The average molecular weight is 406 g/mol. The van der Waals surface area contributed by atoms with Crippen LogP contribution in [0.4, 0.5) is 19.0 Å². The summed E-state index contributed by atoms with van der Waals surface area (Å²) < 4.78 is 44.1. The Labute approximate surface area is 163 Å². The number of rotatable bonds is 4. The lowest BCUT2D eigenvalue weighted by molar-refractivity contribution is -0.137. The van der Waals surface area contributed by atoms with E-state index in [2.05, 4.69) is 20.6 Å². The molecule has 0 aliphatic rings. The predicted molar refractivity (Wildman–Crippen MR) is 99.7 cm³/mol. The van der Waals surface area contributed by atoms with Crippen molar-refractivity contribution in [3.63, 3.8) is 0 Å². The van der Waals surface area contributed by atoms with Crippen molar-refractivity contribution in [1.82, 2.24) is 15.3 Å². The Bertz CT molecular complexity index is 1140. The van der Waals surface area contributed by atoms with Gasteiger partial charge in [0.15, 0.2) is 0 Å². The summed E-state index contributed by atoms with van der Waals surface area (Å²) in [5.74, 6) is -0.128. The van der Waals surface area contributed by atoms with Crippen molar-refractivity contribution in [2.45, 2.75) is 26.1 Å². The molecule has 1 atom stereocenters. The van der Waals surface area contributed by atoms with E-state index in [4.69, 9.17) is 4.42 Å². The molecule has 3 aromatic rings. The molecule has 2 aromatic heterocycles. The van der Waals surface area contributed by atoms with Crippen LogP contribution in [0.1, 0.15) is 40.3 Å². The van der Waals surface area contributed by atoms with Crippen molar-refractivity contribution in [2.75, 3.05) is 12.4 Å². The van der Waals surface area contributed by atoms with Gasteiger partial charge in [-0.2, -0.15) is 18.2 Å². The summed E-state index contributed by atoms with van der Waals surface area (Å²) in [6, 6.07) is 5.64. The molecule has 1 amide bonds. The van der Waals surface area contributed by atoms with Gasteiger partial charge < -0.3 is 15.1 Å². The van der Waals surface area contributed by atoms with E-state index in [9.17, 15) is 22.8 Å². The molecule has 10 heteroatoms. The van der Waals surface area contributed by atoms with E-state index in [1.165, 1.54) is 19.2 Å². The zero-order chi connectivity index (χ0) is 21.3. The number of aromatic nitrogens is 2. The summed E-state index contributed by atoms with van der Waals surface area (Å²) in [6.07, 6.45) is -4.46. The molecule has 2 N–H and O–H groups in total. The van der Waals surface area contributed by atoms with Gasteiger partial charge in [-0.1, -0.05) is 12.1 Å². The van der Waals surface area contributed by atoms with E-state index in [0.29, 0.717) is 5.56 Å². The first-order chi connectivity index (χ1) is 13.6. The minimum absolute atomic E-state index is 0.0334. The second-order valence-corrected chi connectivity index (χ2v) is 6.35. The molecule has 0 saturated heterocycles. The molecule has 0 fully saturated rings. The van der Waals surface area contributed by atoms with Gasteiger partial charge in [0.25, 0.3) is 5.91 Å². The van der Waals surface area contributed by atoms with Crippen LogP contribution in [-0.4, -0.2) is 22.9 Å². The topological polar surface area (TPSA) is 97.1 Å². The molecule has 0 spiro atoms. The van der Waals surface area contributed by atoms with Crippen LogP contribution >= 0.6 is 0 Å². The van der Waals surface area contributed by atoms with Gasteiger partial charge in [-0.25, -0.2) is 9.78 Å². The molecule has 152 valence electrons. The lowest BCUT2D eigenvalue weighted by Gasteiger charge is -2.18. The molecule has 29 heavy (non-hydrogen) atoms. The maximum atomic E-state index is 13.0. The highest BCUT2D eigenvalue weighted by molar-refractivity contribution is 5.98. The summed E-state index contributed by atoms with van der Waals surface area (Å²) in [7, 11) is 1.37. The van der Waals surface area contributed by atoms with E-state index in [-0.39, 0.29) is 28.3 Å². The highest BCUT2D eigenvalue weighted by Crippen LogP contribution is 2.32. The maximum absolute atomic E-state index is 13.0. The lowest BCUT2D eigenvalue weighted by atomic mass is 10.0. The quantitative estimate of drug-likeness (QED) is 0.689. The third-order valence-electron chi connectivity index (χ3n) is 4.26. The number of carbonyl (C=O) groups excluding carboxylic acids is 1. The Hall–Kier alpha value is -3.43. The number of hydrogen-bond donors (Lipinski definition) is 2. The number of anilines is 1. The van der Waals surface area contributed by atoms with Crippen molar-refractivity contribution < 1.29 is 22.4 Å². The molecule has 1 aromatic carbocycles. The van der Waals surface area contributed by atoms with Crippen LogP contribution in [0.3, 0.4) is 0 Å². The number of alkyl halides is 3. The smallest absolute Gasteiger partial charge is 0.403 e. The van der Waals surface area contributed by atoms with Gasteiger partial charge in [0, 0.05) is 13.1 Å². The number of aryl methyl sites for hydroxylation is 1. The number of hydrogen-bond acceptors (Lipinski definition) is 6. The van der Waals surface area contributed by atoms with Crippen LogP contribution < -0.4 is 16.3 Å². The van der Waals surface area contributed by atoms with Crippen molar-refractivity contribution in [1.29, 1.82) is 0 Å². The number of benzene rings is 1. The van der Waals surface area contributed by atoms with Crippen LogP contribution in [0.15, 0.2) is 39.5 Å². The van der Waals surface area contributed by atoms with Crippen molar-refractivity contribution in [3.05, 3.63) is 63.3 Å². The Morgan fingerprint density at radius 1 is 1.21 bits per heavy atom. The highest BCUT2D eigenvalue weighted by Gasteiger charge is 2.30. The second kappa shape index (κ2) is 7.53. The number of nitrogens with zero attached hydrogens (tertiary/aromatic N) is 2. The molecular weight excluding hydrogens is 389 g/mol. The molecule has 0 saturated carbocycles. The zero-order valence-electron chi connectivity index (χ0n) is 15.7. The Morgan fingerprint density at radius 3 is 2.59 bits per heavy atom. The first-order valence-corrected chi connectivity index (χ1v) is 8.58. The van der Waals surface area contributed by atoms with Gasteiger partial charge in [0.05, 0.1) is 10.9 Å². The molecule has 0 aliphatic heterocycles. The molecule has 0 unspecified atom stereocenters. The molecular formula is C19H17F3N4O3. The van der Waals surface area contributed by atoms with Crippen LogP contribution in [0.5, 0.6) is 0 Å². The average Bonchev–Trinajstić information content (AvgIpc) is 2.66. The van der Waals surface area contributed by atoms with Crippen LogP contribution in [0.25, 0.3) is 11.1 Å². The third kappa shape index (κ3) is 4.20. The number of amides is 1. The van der Waals surface area contributed by atoms with Crippen LogP contribution in [-0.2, 0) is 6.18 Å². The number of nitrogens with one attached hydrogen (secondary N) is 2. The van der Waals surface area contributed by atoms with E-state index in [0.717, 1.165) is 12.1 Å². The summed E-state index contributed by atoms with van der Waals surface area (Å²) in [5.41, 5.74) is -1.50. The fourth-order valence-corrected chi connectivity index (χ4v) is 2.79. The first kappa shape index (κ1) is 20.3. The SMILES string of the molecule is CNC(=O)c1cc2c(N[C@H](C)c3cccc(C(F)(F)F)c3)nc(C)nc2oc1=O. The zero-order valence-corrected chi connectivity index (χ0v) is 15.7. The van der Waals surface area contributed by atoms with E-state index in [1.54, 1.807) is 19.9 Å². The summed E-state index contributed by atoms with van der Waals surface area (Å²) in [6.45, 7) is 3.24. The molecule has 0 bridgehead atoms.